The Bertz CT molecular complexity index is 2880. The van der Waals surface area contributed by atoms with Crippen LogP contribution in [-0.4, -0.2) is 138 Å². The third-order valence-electron chi connectivity index (χ3n) is 13.8. The van der Waals surface area contributed by atoms with Gasteiger partial charge in [0.15, 0.2) is 11.6 Å². The van der Waals surface area contributed by atoms with Gasteiger partial charge in [-0.05, 0) is 87.9 Å². The van der Waals surface area contributed by atoms with Crippen molar-refractivity contribution in [3.8, 4) is 11.1 Å². The second-order valence-corrected chi connectivity index (χ2v) is 18.4. The summed E-state index contributed by atoms with van der Waals surface area (Å²) in [6.45, 7) is 7.63. The van der Waals surface area contributed by atoms with Crippen LogP contribution < -0.4 is 15.5 Å². The molecule has 0 bridgehead atoms. The second kappa shape index (κ2) is 22.9. The number of imide groups is 2. The van der Waals surface area contributed by atoms with Gasteiger partial charge in [0, 0.05) is 61.5 Å². The van der Waals surface area contributed by atoms with Crippen LogP contribution in [0.2, 0.25) is 0 Å². The van der Waals surface area contributed by atoms with Gasteiger partial charge >= 0.3 is 0 Å². The summed E-state index contributed by atoms with van der Waals surface area (Å²) in [6.07, 6.45) is 3.08. The van der Waals surface area contributed by atoms with E-state index in [2.05, 4.69) is 20.4 Å². The van der Waals surface area contributed by atoms with Crippen molar-refractivity contribution in [3.05, 3.63) is 94.6 Å². The van der Waals surface area contributed by atoms with E-state index >= 15 is 0 Å². The lowest BCUT2D eigenvalue weighted by Gasteiger charge is -2.38. The average Bonchev–Trinajstić information content (AvgIpc) is 4.02. The Labute approximate surface area is 419 Å². The van der Waals surface area contributed by atoms with E-state index in [1.54, 1.807) is 17.0 Å². The number of carbonyl (C=O) groups excluding carboxylic acids is 6. The number of benzene rings is 3. The van der Waals surface area contributed by atoms with Gasteiger partial charge in [-0.1, -0.05) is 17.3 Å². The molecular weight excluding hydrogens is 951 g/mol. The van der Waals surface area contributed by atoms with Gasteiger partial charge < -0.3 is 43.2 Å². The SMILES string of the molecule is Cc1noc(C)c1-c1ccc2c(c1)nc([C@@H]1CCCC(=O)N1c1ccc(F)c(F)c1)n2C1CCN(C(=O)CCOCCOCCOCCOCCNc2cccc3c2C(=O)N(C2CCC(=O)NC2=O)C3=O)CC1. The summed E-state index contributed by atoms with van der Waals surface area (Å²) in [5.41, 5.74) is 5.21. The van der Waals surface area contributed by atoms with Crippen molar-refractivity contribution in [3.63, 3.8) is 0 Å². The van der Waals surface area contributed by atoms with E-state index in [0.29, 0.717) is 109 Å². The maximum atomic E-state index is 14.6. The highest BCUT2D eigenvalue weighted by atomic mass is 19.2. The summed E-state index contributed by atoms with van der Waals surface area (Å²) in [4.78, 5) is 86.8. The summed E-state index contributed by atoms with van der Waals surface area (Å²) < 4.78 is 58.9. The number of piperidine rings is 3. The van der Waals surface area contributed by atoms with Gasteiger partial charge in [-0.2, -0.15) is 0 Å². The van der Waals surface area contributed by atoms with Crippen LogP contribution in [0.15, 0.2) is 59.1 Å². The van der Waals surface area contributed by atoms with Gasteiger partial charge in [-0.15, -0.1) is 0 Å². The van der Waals surface area contributed by atoms with Crippen LogP contribution in [0.25, 0.3) is 22.2 Å². The number of halogens is 2. The Morgan fingerprint density at radius 1 is 0.767 bits per heavy atom. The standard InChI is InChI=1S/C52H58F2N8O11/c1-31-47(32(2)73-58-31)33-9-12-41-40(29-33)56-49(42-7-4-8-46(65)60(42)35-10-11-37(53)38(54)30-35)61(41)34-15-19-59(20-16-34)45(64)17-21-69-23-25-71-27-28-72-26-24-70-22-18-55-39-6-3-5-36-48(39)52(68)62(51(36)67)43-13-14-44(63)57-50(43)66/h3,5-6,9-12,29-30,34,42-43,55H,4,7-8,13-28H2,1-2H3,(H,57,63,66)/t42-,43?/m0/s1. The van der Waals surface area contributed by atoms with E-state index < -0.39 is 47.3 Å². The fourth-order valence-electron chi connectivity index (χ4n) is 10.2. The first kappa shape index (κ1) is 51.0. The normalized spacial score (nSPS) is 18.6. The fraction of sp³-hybridized carbons (Fsp3) is 0.462. The van der Waals surface area contributed by atoms with Crippen LogP contribution in [-0.2, 0) is 38.1 Å². The maximum Gasteiger partial charge on any atom is 0.264 e. The lowest BCUT2D eigenvalue weighted by molar-refractivity contribution is -0.136. The van der Waals surface area contributed by atoms with E-state index in [1.807, 2.05) is 36.9 Å². The van der Waals surface area contributed by atoms with Crippen LogP contribution in [0, 0.1) is 25.5 Å². The summed E-state index contributed by atoms with van der Waals surface area (Å²) >= 11 is 0. The number of aryl methyl sites for hydroxylation is 2. The third-order valence-corrected chi connectivity index (χ3v) is 13.8. The summed E-state index contributed by atoms with van der Waals surface area (Å²) in [5.74, 6) is -3.14. The number of fused-ring (bicyclic) bond motifs is 2. The van der Waals surface area contributed by atoms with Gasteiger partial charge in [-0.25, -0.2) is 13.8 Å². The smallest absolute Gasteiger partial charge is 0.264 e. The minimum atomic E-state index is -1.04. The minimum absolute atomic E-state index is 0.0125. The molecule has 3 aromatic carbocycles. The molecule has 21 heteroatoms. The number of imidazole rings is 1. The predicted octanol–water partition coefficient (Wildman–Crippen LogP) is 5.98. The topological polar surface area (TPSA) is 217 Å². The van der Waals surface area contributed by atoms with Crippen LogP contribution >= 0.6 is 0 Å². The number of aromatic nitrogens is 3. The number of hydrogen-bond acceptors (Lipinski definition) is 14. The molecule has 0 saturated carbocycles. The van der Waals surface area contributed by atoms with E-state index in [4.69, 9.17) is 28.5 Å². The molecule has 3 saturated heterocycles. The highest BCUT2D eigenvalue weighted by Gasteiger charge is 2.46. The number of hydrogen-bond donors (Lipinski definition) is 2. The molecular formula is C52H58F2N8O11. The molecule has 4 aliphatic rings. The van der Waals surface area contributed by atoms with Crippen LogP contribution in [0.1, 0.15) is 101 Å². The molecule has 9 rings (SSSR count). The molecule has 2 atom stereocenters. The predicted molar refractivity (Wildman–Crippen MR) is 259 cm³/mol. The summed E-state index contributed by atoms with van der Waals surface area (Å²) in [5, 5.41) is 9.46. The molecule has 2 aromatic heterocycles. The van der Waals surface area contributed by atoms with Gasteiger partial charge in [0.05, 0.1) is 93.2 Å². The van der Waals surface area contributed by atoms with Crippen molar-refractivity contribution < 1.29 is 61.0 Å². The van der Waals surface area contributed by atoms with E-state index in [1.165, 1.54) is 12.1 Å². The first-order valence-corrected chi connectivity index (χ1v) is 24.8. The number of rotatable bonds is 21. The number of nitrogens with zero attached hydrogens (tertiary/aromatic N) is 6. The zero-order chi connectivity index (χ0) is 51.2. The van der Waals surface area contributed by atoms with Crippen LogP contribution in [0.4, 0.5) is 20.2 Å². The fourth-order valence-corrected chi connectivity index (χ4v) is 10.2. The van der Waals surface area contributed by atoms with Crippen molar-refractivity contribution in [1.82, 2.24) is 29.8 Å². The second-order valence-electron chi connectivity index (χ2n) is 18.4. The van der Waals surface area contributed by atoms with Crippen LogP contribution in [0.5, 0.6) is 0 Å². The Morgan fingerprint density at radius 3 is 2.19 bits per heavy atom. The molecule has 19 nitrogen and oxygen atoms in total. The molecule has 6 amide bonds. The molecule has 6 heterocycles. The zero-order valence-electron chi connectivity index (χ0n) is 40.8. The molecule has 0 aliphatic carbocycles. The number of carbonyl (C=O) groups is 6. The maximum absolute atomic E-state index is 14.6. The van der Waals surface area contributed by atoms with Crippen LogP contribution in [0.3, 0.4) is 0 Å². The number of ether oxygens (including phenoxy) is 4. The monoisotopic (exact) mass is 1010 g/mol. The molecule has 73 heavy (non-hydrogen) atoms. The summed E-state index contributed by atoms with van der Waals surface area (Å²) in [7, 11) is 0. The summed E-state index contributed by atoms with van der Waals surface area (Å²) in [6, 6.07) is 12.8. The number of anilines is 2. The van der Waals surface area contributed by atoms with Gasteiger partial charge in [0.1, 0.15) is 17.6 Å². The Morgan fingerprint density at radius 2 is 1.49 bits per heavy atom. The van der Waals surface area contributed by atoms with Gasteiger partial charge in [0.2, 0.25) is 23.6 Å². The first-order valence-electron chi connectivity index (χ1n) is 24.8. The van der Waals surface area contributed by atoms with Gasteiger partial charge in [0.25, 0.3) is 11.8 Å². The Balaban J connectivity index is 0.681. The highest BCUT2D eigenvalue weighted by Crippen LogP contribution is 2.41. The van der Waals surface area contributed by atoms with Gasteiger partial charge in [-0.3, -0.25) is 39.0 Å². The Hall–Kier alpha value is -6.94. The quantitative estimate of drug-likeness (QED) is 0.0639. The number of nitrogens with one attached hydrogen (secondary N) is 2. The average molecular weight is 1010 g/mol. The third kappa shape index (κ3) is 11.0. The van der Waals surface area contributed by atoms with E-state index in [-0.39, 0.29) is 67.0 Å². The highest BCUT2D eigenvalue weighted by molar-refractivity contribution is 6.25. The van der Waals surface area contributed by atoms with E-state index in [0.717, 1.165) is 44.9 Å². The van der Waals surface area contributed by atoms with Crippen molar-refractivity contribution in [2.24, 2.45) is 0 Å². The molecule has 2 N–H and O–H groups in total. The van der Waals surface area contributed by atoms with E-state index in [9.17, 15) is 37.5 Å². The van der Waals surface area contributed by atoms with Crippen molar-refractivity contribution in [2.75, 3.05) is 82.7 Å². The Kier molecular flexibility index (Phi) is 16.0. The molecule has 4 aliphatic heterocycles. The van der Waals surface area contributed by atoms with Crippen molar-refractivity contribution >= 4 is 57.9 Å². The molecule has 5 aromatic rings. The molecule has 0 radical (unpaired) electrons. The molecule has 3 fully saturated rings. The van der Waals surface area contributed by atoms with Crippen molar-refractivity contribution in [2.45, 2.75) is 83.3 Å². The molecule has 1 unspecified atom stereocenters. The first-order chi connectivity index (χ1) is 35.4. The zero-order valence-corrected chi connectivity index (χ0v) is 40.8. The lowest BCUT2D eigenvalue weighted by Crippen LogP contribution is -2.54. The minimum Gasteiger partial charge on any atom is -0.382 e. The molecule has 0 spiro atoms. The molecule has 386 valence electrons. The lowest BCUT2D eigenvalue weighted by atomic mass is 9.98. The number of likely N-dealkylation sites (tertiary alicyclic amines) is 1. The van der Waals surface area contributed by atoms with Crippen molar-refractivity contribution in [1.29, 1.82) is 0 Å². The largest absolute Gasteiger partial charge is 0.382 e. The number of amides is 6.